The zero-order valence-corrected chi connectivity index (χ0v) is 9.52. The molecule has 1 N–H and O–H groups in total. The van der Waals surface area contributed by atoms with Gasteiger partial charge in [0, 0.05) is 0 Å². The number of hydrogen-bond acceptors (Lipinski definition) is 4. The second-order valence-corrected chi connectivity index (χ2v) is 4.04. The van der Waals surface area contributed by atoms with Crippen LogP contribution in [0.4, 0.5) is 0 Å². The fraction of sp³-hybridized carbons (Fsp3) is 0.700. The molecule has 0 aromatic rings. The van der Waals surface area contributed by atoms with Crippen LogP contribution in [0.25, 0.3) is 0 Å². The van der Waals surface area contributed by atoms with Gasteiger partial charge in [0.05, 0.1) is 13.7 Å². The molecule has 0 rings (SSSR count). The van der Waals surface area contributed by atoms with Gasteiger partial charge in [-0.25, -0.2) is 0 Å². The van der Waals surface area contributed by atoms with E-state index in [9.17, 15) is 4.79 Å². The third-order valence-corrected chi connectivity index (χ3v) is 2.62. The first-order chi connectivity index (χ1) is 6.76. The van der Waals surface area contributed by atoms with Gasteiger partial charge in [-0.3, -0.25) is 10.1 Å². The largest absolute Gasteiger partial charge is 0.468 e. The van der Waals surface area contributed by atoms with Gasteiger partial charge in [0.25, 0.3) is 0 Å². The van der Waals surface area contributed by atoms with Gasteiger partial charge in [-0.1, -0.05) is 12.8 Å². The zero-order chi connectivity index (χ0) is 10.8. The van der Waals surface area contributed by atoms with Crippen molar-refractivity contribution >= 4 is 17.7 Å². The van der Waals surface area contributed by atoms with E-state index in [2.05, 4.69) is 22.9 Å². The number of carbonyl (C=O) groups excluding carboxylic acids is 1. The minimum Gasteiger partial charge on any atom is -0.468 e. The molecule has 0 saturated carbocycles. The summed E-state index contributed by atoms with van der Waals surface area (Å²) in [4.78, 5) is 11.2. The first-order valence-electron chi connectivity index (χ1n) is 4.58. The van der Waals surface area contributed by atoms with E-state index in [4.69, 9.17) is 6.42 Å². The lowest BCUT2D eigenvalue weighted by Crippen LogP contribution is -2.38. The van der Waals surface area contributed by atoms with Crippen LogP contribution in [-0.4, -0.2) is 37.2 Å². The van der Waals surface area contributed by atoms with Gasteiger partial charge in [0.2, 0.25) is 0 Å². The molecule has 80 valence electrons. The Kier molecular flexibility index (Phi) is 8.50. The summed E-state index contributed by atoms with van der Waals surface area (Å²) in [5, 5.41) is 2.96. The van der Waals surface area contributed by atoms with Crippen molar-refractivity contribution < 1.29 is 9.53 Å². The van der Waals surface area contributed by atoms with Crippen molar-refractivity contribution in [3.05, 3.63) is 0 Å². The van der Waals surface area contributed by atoms with Crippen LogP contribution in [0.5, 0.6) is 0 Å². The summed E-state index contributed by atoms with van der Waals surface area (Å²) in [5.41, 5.74) is 0. The van der Waals surface area contributed by atoms with Gasteiger partial charge >= 0.3 is 5.97 Å². The van der Waals surface area contributed by atoms with Crippen LogP contribution in [0.2, 0.25) is 0 Å². The lowest BCUT2D eigenvalue weighted by atomic mass is 10.2. The summed E-state index contributed by atoms with van der Waals surface area (Å²) < 4.78 is 4.66. The molecule has 0 bridgehead atoms. The third kappa shape index (κ3) is 5.90. The molecule has 0 heterocycles. The Hall–Kier alpha value is -0.660. The molecule has 0 saturated heterocycles. The average Bonchev–Trinajstić information content (AvgIpc) is 2.22. The molecular formula is C10H17NO2S. The Morgan fingerprint density at radius 3 is 2.93 bits per heavy atom. The first-order valence-corrected chi connectivity index (χ1v) is 5.74. The molecule has 0 aromatic heterocycles. The fourth-order valence-electron chi connectivity index (χ4n) is 0.973. The topological polar surface area (TPSA) is 38.3 Å². The van der Waals surface area contributed by atoms with Crippen LogP contribution >= 0.6 is 11.8 Å². The van der Waals surface area contributed by atoms with Crippen LogP contribution in [-0.2, 0) is 9.53 Å². The molecule has 0 aliphatic carbocycles. The Morgan fingerprint density at radius 2 is 2.43 bits per heavy atom. The number of terminal acetylenes is 1. The van der Waals surface area contributed by atoms with Gasteiger partial charge in [0.1, 0.15) is 6.04 Å². The molecule has 0 spiro atoms. The van der Waals surface area contributed by atoms with Crippen molar-refractivity contribution in [2.75, 3.05) is 25.2 Å². The van der Waals surface area contributed by atoms with Crippen LogP contribution in [0.3, 0.4) is 0 Å². The minimum absolute atomic E-state index is 0.239. The van der Waals surface area contributed by atoms with Gasteiger partial charge in [-0.2, -0.15) is 11.8 Å². The molecule has 1 atom stereocenters. The van der Waals surface area contributed by atoms with E-state index < -0.39 is 0 Å². The summed E-state index contributed by atoms with van der Waals surface area (Å²) in [5.74, 6) is 4.20. The van der Waals surface area contributed by atoms with Crippen LogP contribution < -0.4 is 5.32 Å². The molecule has 0 amide bonds. The van der Waals surface area contributed by atoms with E-state index in [1.54, 1.807) is 11.8 Å². The van der Waals surface area contributed by atoms with E-state index >= 15 is 0 Å². The molecule has 0 fully saturated rings. The maximum atomic E-state index is 11.2. The van der Waals surface area contributed by atoms with Gasteiger partial charge in [-0.15, -0.1) is 6.42 Å². The highest BCUT2D eigenvalue weighted by Gasteiger charge is 2.16. The first kappa shape index (κ1) is 13.3. The molecule has 14 heavy (non-hydrogen) atoms. The average molecular weight is 215 g/mol. The van der Waals surface area contributed by atoms with E-state index in [0.29, 0.717) is 6.54 Å². The van der Waals surface area contributed by atoms with Crippen molar-refractivity contribution in [3.8, 4) is 12.3 Å². The predicted octanol–water partition coefficient (Wildman–Crippen LogP) is 0.894. The molecule has 3 nitrogen and oxygen atoms in total. The summed E-state index contributed by atoms with van der Waals surface area (Å²) in [6, 6.07) is -0.268. The van der Waals surface area contributed by atoms with Gasteiger partial charge < -0.3 is 4.74 Å². The van der Waals surface area contributed by atoms with E-state index in [1.165, 1.54) is 7.11 Å². The van der Waals surface area contributed by atoms with Crippen LogP contribution in [0.15, 0.2) is 0 Å². The molecule has 0 aliphatic heterocycles. The maximum Gasteiger partial charge on any atom is 0.322 e. The quantitative estimate of drug-likeness (QED) is 0.389. The summed E-state index contributed by atoms with van der Waals surface area (Å²) in [6.07, 6.45) is 5.86. The number of hydrogen-bond donors (Lipinski definition) is 1. The molecule has 1 unspecified atom stereocenters. The molecular weight excluding hydrogens is 198 g/mol. The zero-order valence-electron chi connectivity index (χ0n) is 8.71. The normalized spacial score (nSPS) is 11.8. The van der Waals surface area contributed by atoms with Crippen LogP contribution in [0, 0.1) is 12.3 Å². The molecule has 4 heteroatoms. The summed E-state index contributed by atoms with van der Waals surface area (Å²) in [7, 11) is 1.39. The lowest BCUT2D eigenvalue weighted by Gasteiger charge is -2.14. The van der Waals surface area contributed by atoms with Crippen molar-refractivity contribution in [2.45, 2.75) is 19.4 Å². The summed E-state index contributed by atoms with van der Waals surface area (Å²) >= 11 is 1.80. The second kappa shape index (κ2) is 8.92. The Balaban J connectivity index is 3.85. The standard InChI is InChI=1S/C10H17NO2S/c1-4-7-11-9(10(12)13-3)6-8-14-5-2/h1,9,11H,5-8H2,2-3H3. The minimum atomic E-state index is -0.268. The molecule has 0 aliphatic rings. The SMILES string of the molecule is C#CCNC(CCSCC)C(=O)OC. The van der Waals surface area contributed by atoms with E-state index in [-0.39, 0.29) is 12.0 Å². The number of carbonyl (C=O) groups is 1. The molecule has 0 radical (unpaired) electrons. The van der Waals surface area contributed by atoms with Gasteiger partial charge in [-0.05, 0) is 17.9 Å². The number of thioether (sulfide) groups is 1. The third-order valence-electron chi connectivity index (χ3n) is 1.69. The highest BCUT2D eigenvalue weighted by molar-refractivity contribution is 7.99. The van der Waals surface area contributed by atoms with Gasteiger partial charge in [0.15, 0.2) is 0 Å². The lowest BCUT2D eigenvalue weighted by molar-refractivity contribution is -0.143. The molecule has 0 aromatic carbocycles. The van der Waals surface area contributed by atoms with Crippen molar-refractivity contribution in [1.82, 2.24) is 5.32 Å². The van der Waals surface area contributed by atoms with Crippen molar-refractivity contribution in [1.29, 1.82) is 0 Å². The number of methoxy groups -OCH3 is 1. The Morgan fingerprint density at radius 1 is 1.71 bits per heavy atom. The second-order valence-electron chi connectivity index (χ2n) is 2.65. The monoisotopic (exact) mass is 215 g/mol. The fourth-order valence-corrected chi connectivity index (χ4v) is 1.66. The van der Waals surface area contributed by atoms with Crippen LogP contribution in [0.1, 0.15) is 13.3 Å². The van der Waals surface area contributed by atoms with Crippen molar-refractivity contribution in [2.24, 2.45) is 0 Å². The Labute approximate surface area is 90.0 Å². The van der Waals surface area contributed by atoms with E-state index in [0.717, 1.165) is 17.9 Å². The maximum absolute atomic E-state index is 11.2. The highest BCUT2D eigenvalue weighted by Crippen LogP contribution is 2.05. The van der Waals surface area contributed by atoms with E-state index in [1.807, 2.05) is 0 Å². The number of esters is 1. The Bertz CT molecular complexity index is 201. The summed E-state index contributed by atoms with van der Waals surface area (Å²) in [6.45, 7) is 2.49. The highest BCUT2D eigenvalue weighted by atomic mass is 32.2. The number of ether oxygens (including phenoxy) is 1. The smallest absolute Gasteiger partial charge is 0.322 e. The predicted molar refractivity (Wildman–Crippen MR) is 60.3 cm³/mol. The number of rotatable bonds is 7. The number of nitrogens with one attached hydrogen (secondary N) is 1. The van der Waals surface area contributed by atoms with Crippen molar-refractivity contribution in [3.63, 3.8) is 0 Å².